The summed E-state index contributed by atoms with van der Waals surface area (Å²) in [6.07, 6.45) is 0. The van der Waals surface area contributed by atoms with Crippen molar-refractivity contribution < 1.29 is 9.18 Å². The third-order valence-electron chi connectivity index (χ3n) is 4.19. The van der Waals surface area contributed by atoms with Crippen LogP contribution in [0.25, 0.3) is 0 Å². The molecule has 104 valence electrons. The SMILES string of the molecule is CC(C(=O)N(C)C(C)c1ccccc1F)C1CNC1. The van der Waals surface area contributed by atoms with E-state index >= 15 is 0 Å². The molecule has 1 fully saturated rings. The number of rotatable bonds is 4. The topological polar surface area (TPSA) is 32.3 Å². The highest BCUT2D eigenvalue weighted by Gasteiger charge is 2.32. The van der Waals surface area contributed by atoms with E-state index in [0.717, 1.165) is 13.1 Å². The van der Waals surface area contributed by atoms with Gasteiger partial charge in [-0.3, -0.25) is 4.79 Å². The molecule has 2 unspecified atom stereocenters. The Morgan fingerprint density at radius 1 is 1.37 bits per heavy atom. The second kappa shape index (κ2) is 5.70. The van der Waals surface area contributed by atoms with E-state index in [9.17, 15) is 9.18 Å². The van der Waals surface area contributed by atoms with Crippen molar-refractivity contribution in [1.29, 1.82) is 0 Å². The van der Waals surface area contributed by atoms with Crippen molar-refractivity contribution in [2.75, 3.05) is 20.1 Å². The summed E-state index contributed by atoms with van der Waals surface area (Å²) in [4.78, 5) is 14.0. The van der Waals surface area contributed by atoms with E-state index < -0.39 is 0 Å². The Labute approximate surface area is 113 Å². The van der Waals surface area contributed by atoms with E-state index in [0.29, 0.717) is 11.5 Å². The molecule has 0 saturated carbocycles. The largest absolute Gasteiger partial charge is 0.339 e. The number of halogens is 1. The van der Waals surface area contributed by atoms with Gasteiger partial charge in [0.1, 0.15) is 5.82 Å². The maximum atomic E-state index is 13.8. The fourth-order valence-corrected chi connectivity index (χ4v) is 2.40. The van der Waals surface area contributed by atoms with Crippen LogP contribution in [-0.2, 0) is 4.79 Å². The van der Waals surface area contributed by atoms with Gasteiger partial charge in [-0.1, -0.05) is 25.1 Å². The molecule has 2 atom stereocenters. The lowest BCUT2D eigenvalue weighted by Crippen LogP contribution is -2.50. The summed E-state index contributed by atoms with van der Waals surface area (Å²) in [6, 6.07) is 6.38. The van der Waals surface area contributed by atoms with Crippen LogP contribution < -0.4 is 5.32 Å². The normalized spacial score (nSPS) is 18.5. The molecule has 1 N–H and O–H groups in total. The molecule has 1 aromatic carbocycles. The monoisotopic (exact) mass is 264 g/mol. The summed E-state index contributed by atoms with van der Waals surface area (Å²) in [5.41, 5.74) is 0.567. The van der Waals surface area contributed by atoms with Crippen molar-refractivity contribution in [2.24, 2.45) is 11.8 Å². The van der Waals surface area contributed by atoms with Gasteiger partial charge in [0.2, 0.25) is 5.91 Å². The number of carbonyl (C=O) groups excluding carboxylic acids is 1. The number of benzene rings is 1. The number of nitrogens with zero attached hydrogens (tertiary/aromatic N) is 1. The van der Waals surface area contributed by atoms with Crippen LogP contribution in [-0.4, -0.2) is 30.9 Å². The molecule has 0 radical (unpaired) electrons. The lowest BCUT2D eigenvalue weighted by molar-refractivity contribution is -0.138. The van der Waals surface area contributed by atoms with Gasteiger partial charge >= 0.3 is 0 Å². The summed E-state index contributed by atoms with van der Waals surface area (Å²) in [7, 11) is 1.75. The van der Waals surface area contributed by atoms with Crippen molar-refractivity contribution in [3.63, 3.8) is 0 Å². The zero-order valence-corrected chi connectivity index (χ0v) is 11.7. The van der Waals surface area contributed by atoms with Crippen molar-refractivity contribution in [1.82, 2.24) is 10.2 Å². The Balaban J connectivity index is 2.08. The third kappa shape index (κ3) is 2.78. The molecule has 0 bridgehead atoms. The van der Waals surface area contributed by atoms with Crippen molar-refractivity contribution in [2.45, 2.75) is 19.9 Å². The molecule has 1 saturated heterocycles. The molecule has 4 heteroatoms. The highest BCUT2D eigenvalue weighted by atomic mass is 19.1. The average molecular weight is 264 g/mol. The smallest absolute Gasteiger partial charge is 0.226 e. The first-order chi connectivity index (χ1) is 9.02. The van der Waals surface area contributed by atoms with E-state index in [4.69, 9.17) is 0 Å². The first-order valence-corrected chi connectivity index (χ1v) is 6.74. The number of hydrogen-bond acceptors (Lipinski definition) is 2. The van der Waals surface area contributed by atoms with Crippen LogP contribution >= 0.6 is 0 Å². The predicted octanol–water partition coefficient (Wildman–Crippen LogP) is 2.20. The van der Waals surface area contributed by atoms with Gasteiger partial charge in [0, 0.05) is 18.5 Å². The van der Waals surface area contributed by atoms with E-state index in [1.165, 1.54) is 6.07 Å². The predicted molar refractivity (Wildman–Crippen MR) is 73.1 cm³/mol. The highest BCUT2D eigenvalue weighted by Crippen LogP contribution is 2.25. The molecule has 1 heterocycles. The Morgan fingerprint density at radius 3 is 2.53 bits per heavy atom. The van der Waals surface area contributed by atoms with Crippen molar-refractivity contribution in [3.8, 4) is 0 Å². The first kappa shape index (κ1) is 14.0. The number of nitrogens with one attached hydrogen (secondary N) is 1. The molecule has 3 nitrogen and oxygen atoms in total. The fourth-order valence-electron chi connectivity index (χ4n) is 2.40. The lowest BCUT2D eigenvalue weighted by Gasteiger charge is -2.35. The van der Waals surface area contributed by atoms with Gasteiger partial charge < -0.3 is 10.2 Å². The van der Waals surface area contributed by atoms with Crippen LogP contribution in [0, 0.1) is 17.7 Å². The Bertz CT molecular complexity index is 459. The molecule has 1 aromatic rings. The van der Waals surface area contributed by atoms with E-state index in [-0.39, 0.29) is 23.7 Å². The van der Waals surface area contributed by atoms with Gasteiger partial charge in [-0.15, -0.1) is 0 Å². The maximum Gasteiger partial charge on any atom is 0.226 e. The highest BCUT2D eigenvalue weighted by molar-refractivity contribution is 5.79. The Morgan fingerprint density at radius 2 is 2.00 bits per heavy atom. The summed E-state index contributed by atoms with van der Waals surface area (Å²) in [5, 5.41) is 3.18. The van der Waals surface area contributed by atoms with Crippen LogP contribution in [0.15, 0.2) is 24.3 Å². The van der Waals surface area contributed by atoms with Gasteiger partial charge in [0.05, 0.1) is 6.04 Å². The molecule has 0 spiro atoms. The summed E-state index contributed by atoms with van der Waals surface area (Å²) >= 11 is 0. The molecule has 2 rings (SSSR count). The minimum Gasteiger partial charge on any atom is -0.339 e. The van der Waals surface area contributed by atoms with E-state index in [1.54, 1.807) is 30.1 Å². The lowest BCUT2D eigenvalue weighted by atomic mass is 9.87. The molecule has 1 amide bonds. The standard InChI is InChI=1S/C15H21FN2O/c1-10(12-8-17-9-12)15(19)18(3)11(2)13-6-4-5-7-14(13)16/h4-7,10-12,17H,8-9H2,1-3H3. The number of carbonyl (C=O) groups is 1. The quantitative estimate of drug-likeness (QED) is 0.904. The zero-order chi connectivity index (χ0) is 14.0. The van der Waals surface area contributed by atoms with E-state index in [1.807, 2.05) is 13.8 Å². The average Bonchev–Trinajstić information content (AvgIpc) is 2.34. The molecule has 1 aliphatic rings. The fraction of sp³-hybridized carbons (Fsp3) is 0.533. The minimum absolute atomic E-state index is 0.0135. The second-order valence-corrected chi connectivity index (χ2v) is 5.35. The van der Waals surface area contributed by atoms with Crippen LogP contribution in [0.5, 0.6) is 0 Å². The zero-order valence-electron chi connectivity index (χ0n) is 11.7. The minimum atomic E-state index is -0.257. The van der Waals surface area contributed by atoms with Gasteiger partial charge in [-0.2, -0.15) is 0 Å². The molecule has 19 heavy (non-hydrogen) atoms. The van der Waals surface area contributed by atoms with Crippen molar-refractivity contribution >= 4 is 5.91 Å². The Hall–Kier alpha value is -1.42. The molecular formula is C15H21FN2O. The van der Waals surface area contributed by atoms with Crippen molar-refractivity contribution in [3.05, 3.63) is 35.6 Å². The Kier molecular flexibility index (Phi) is 4.20. The van der Waals surface area contributed by atoms with Crippen LogP contribution in [0.4, 0.5) is 4.39 Å². The van der Waals surface area contributed by atoms with Crippen LogP contribution in [0.2, 0.25) is 0 Å². The molecule has 0 aromatic heterocycles. The maximum absolute atomic E-state index is 13.8. The summed E-state index contributed by atoms with van der Waals surface area (Å²) in [6.45, 7) is 5.62. The van der Waals surface area contributed by atoms with Gasteiger partial charge in [-0.25, -0.2) is 4.39 Å². The van der Waals surface area contributed by atoms with E-state index in [2.05, 4.69) is 5.32 Å². The van der Waals surface area contributed by atoms with Crippen LogP contribution in [0.1, 0.15) is 25.5 Å². The van der Waals surface area contributed by atoms with Gasteiger partial charge in [-0.05, 0) is 32.0 Å². The van der Waals surface area contributed by atoms with Gasteiger partial charge in [0.15, 0.2) is 0 Å². The first-order valence-electron chi connectivity index (χ1n) is 6.74. The number of amides is 1. The second-order valence-electron chi connectivity index (χ2n) is 5.35. The molecule has 0 aliphatic carbocycles. The van der Waals surface area contributed by atoms with Gasteiger partial charge in [0.25, 0.3) is 0 Å². The third-order valence-corrected chi connectivity index (χ3v) is 4.19. The van der Waals surface area contributed by atoms with Crippen LogP contribution in [0.3, 0.4) is 0 Å². The summed E-state index contributed by atoms with van der Waals surface area (Å²) in [5.74, 6) is 0.220. The molecular weight excluding hydrogens is 243 g/mol. The molecule has 1 aliphatic heterocycles. The summed E-state index contributed by atoms with van der Waals surface area (Å²) < 4.78 is 13.8. The number of hydrogen-bond donors (Lipinski definition) is 1.